The average Bonchev–Trinajstić information content (AvgIpc) is 2.65. The molecule has 28 heavy (non-hydrogen) atoms. The van der Waals surface area contributed by atoms with Crippen LogP contribution in [-0.4, -0.2) is 47.2 Å². The summed E-state index contributed by atoms with van der Waals surface area (Å²) in [7, 11) is -3.43. The molecule has 0 aliphatic carbocycles. The van der Waals surface area contributed by atoms with E-state index in [4.69, 9.17) is 13.7 Å². The van der Waals surface area contributed by atoms with Gasteiger partial charge >= 0.3 is 0 Å². The van der Waals surface area contributed by atoms with Gasteiger partial charge in [-0.3, -0.25) is 4.18 Å². The summed E-state index contributed by atoms with van der Waals surface area (Å²) in [4.78, 5) is 0. The maximum atomic E-state index is 11.0. The third-order valence-corrected chi connectivity index (χ3v) is 5.38. The van der Waals surface area contributed by atoms with E-state index in [0.29, 0.717) is 19.8 Å². The summed E-state index contributed by atoms with van der Waals surface area (Å²) in [5.74, 6) is 0. The minimum absolute atomic E-state index is 0.0193. The van der Waals surface area contributed by atoms with Crippen molar-refractivity contribution in [2.45, 2.75) is 110 Å². The fourth-order valence-electron chi connectivity index (χ4n) is 3.19. The van der Waals surface area contributed by atoms with Crippen LogP contribution in [0.1, 0.15) is 104 Å². The molecule has 0 bridgehead atoms. The normalized spacial score (nSPS) is 13.1. The van der Waals surface area contributed by atoms with Gasteiger partial charge in [-0.25, -0.2) is 0 Å². The van der Waals surface area contributed by atoms with Crippen LogP contribution in [0.15, 0.2) is 0 Å². The lowest BCUT2D eigenvalue weighted by atomic mass is 10.0. The zero-order valence-electron chi connectivity index (χ0n) is 18.8. The molecule has 0 radical (unpaired) electrons. The molecule has 0 spiro atoms. The Morgan fingerprint density at radius 2 is 1.14 bits per heavy atom. The lowest BCUT2D eigenvalue weighted by Gasteiger charge is -2.16. The highest BCUT2D eigenvalue weighted by Gasteiger charge is 2.12. The third-order valence-electron chi connectivity index (χ3n) is 4.82. The van der Waals surface area contributed by atoms with Gasteiger partial charge in [0.1, 0.15) is 6.10 Å². The van der Waals surface area contributed by atoms with Crippen molar-refractivity contribution < 1.29 is 22.1 Å². The Morgan fingerprint density at radius 3 is 1.57 bits per heavy atom. The highest BCUT2D eigenvalue weighted by molar-refractivity contribution is 7.85. The first-order valence-electron chi connectivity index (χ1n) is 11.5. The predicted octanol–water partition coefficient (Wildman–Crippen LogP) is 5.87. The lowest BCUT2D eigenvalue weighted by Crippen LogP contribution is -2.27. The summed E-state index contributed by atoms with van der Waals surface area (Å²) in [6, 6.07) is 0. The van der Waals surface area contributed by atoms with Gasteiger partial charge in [-0.15, -0.1) is 0 Å². The van der Waals surface area contributed by atoms with Gasteiger partial charge in [0.2, 0.25) is 0 Å². The molecule has 5 nitrogen and oxygen atoms in total. The number of ether oxygens (including phenoxy) is 2. The highest BCUT2D eigenvalue weighted by Crippen LogP contribution is 2.13. The Kier molecular flexibility index (Phi) is 20.0. The third kappa shape index (κ3) is 22.1. The second kappa shape index (κ2) is 20.1. The standard InChI is InChI=1S/C22H46O5S/c1-4-6-7-8-9-10-11-12-13-14-15-16-17-18-19-25-20-22(26-5-2)21-27-28(3,23)24/h22H,4-21H2,1-3H3. The minimum Gasteiger partial charge on any atom is -0.379 e. The highest BCUT2D eigenvalue weighted by atomic mass is 32.2. The number of unbranched alkanes of at least 4 members (excludes halogenated alkanes) is 13. The molecule has 1 atom stereocenters. The van der Waals surface area contributed by atoms with Crippen LogP contribution >= 0.6 is 0 Å². The molecule has 0 aromatic carbocycles. The van der Waals surface area contributed by atoms with Gasteiger partial charge in [-0.2, -0.15) is 8.42 Å². The predicted molar refractivity (Wildman–Crippen MR) is 117 cm³/mol. The van der Waals surface area contributed by atoms with Gasteiger partial charge in [0.15, 0.2) is 0 Å². The van der Waals surface area contributed by atoms with E-state index in [1.165, 1.54) is 83.5 Å². The van der Waals surface area contributed by atoms with Crippen molar-refractivity contribution in [3.05, 3.63) is 0 Å². The fraction of sp³-hybridized carbons (Fsp3) is 1.00. The van der Waals surface area contributed by atoms with Crippen LogP contribution in [0.2, 0.25) is 0 Å². The first kappa shape index (κ1) is 27.8. The molecular formula is C22H46O5S. The summed E-state index contributed by atoms with van der Waals surface area (Å²) in [6.07, 6.45) is 19.5. The van der Waals surface area contributed by atoms with Crippen molar-refractivity contribution >= 4 is 10.1 Å². The van der Waals surface area contributed by atoms with E-state index in [1.807, 2.05) is 6.92 Å². The molecule has 0 aromatic heterocycles. The molecule has 0 rings (SSSR count). The Hall–Kier alpha value is -0.170. The molecule has 170 valence electrons. The Morgan fingerprint density at radius 1 is 0.679 bits per heavy atom. The van der Waals surface area contributed by atoms with Crippen LogP contribution in [0, 0.1) is 0 Å². The summed E-state index contributed by atoms with van der Waals surface area (Å²) in [6.45, 7) is 5.75. The zero-order chi connectivity index (χ0) is 20.9. The molecule has 0 saturated heterocycles. The first-order chi connectivity index (χ1) is 13.5. The van der Waals surface area contributed by atoms with Crippen molar-refractivity contribution in [1.29, 1.82) is 0 Å². The molecule has 0 aromatic rings. The van der Waals surface area contributed by atoms with Crippen molar-refractivity contribution in [3.8, 4) is 0 Å². The van der Waals surface area contributed by atoms with Gasteiger partial charge in [-0.05, 0) is 13.3 Å². The second-order valence-corrected chi connectivity index (χ2v) is 9.38. The van der Waals surface area contributed by atoms with E-state index in [-0.39, 0.29) is 12.7 Å². The van der Waals surface area contributed by atoms with Gasteiger partial charge in [0, 0.05) is 13.2 Å². The topological polar surface area (TPSA) is 61.8 Å². The summed E-state index contributed by atoms with van der Waals surface area (Å²) < 4.78 is 37.9. The van der Waals surface area contributed by atoms with Crippen LogP contribution in [-0.2, 0) is 23.8 Å². The summed E-state index contributed by atoms with van der Waals surface area (Å²) in [5, 5.41) is 0. The SMILES string of the molecule is CCCCCCCCCCCCCCCCOCC(COS(C)(=O)=O)OCC. The maximum Gasteiger partial charge on any atom is 0.264 e. The largest absolute Gasteiger partial charge is 0.379 e. The van der Waals surface area contributed by atoms with E-state index in [9.17, 15) is 8.42 Å². The van der Waals surface area contributed by atoms with Gasteiger partial charge in [0.25, 0.3) is 10.1 Å². The van der Waals surface area contributed by atoms with Gasteiger partial charge in [-0.1, -0.05) is 90.4 Å². The van der Waals surface area contributed by atoms with Crippen molar-refractivity contribution in [1.82, 2.24) is 0 Å². The molecular weight excluding hydrogens is 376 g/mol. The molecule has 0 heterocycles. The smallest absolute Gasteiger partial charge is 0.264 e. The minimum atomic E-state index is -3.43. The second-order valence-electron chi connectivity index (χ2n) is 7.74. The zero-order valence-corrected chi connectivity index (χ0v) is 19.6. The van der Waals surface area contributed by atoms with E-state index < -0.39 is 10.1 Å². The summed E-state index contributed by atoms with van der Waals surface area (Å²) >= 11 is 0. The molecule has 0 N–H and O–H groups in total. The van der Waals surface area contributed by atoms with Crippen molar-refractivity contribution in [2.75, 3.05) is 32.7 Å². The van der Waals surface area contributed by atoms with E-state index in [1.54, 1.807) is 0 Å². The molecule has 0 aliphatic heterocycles. The average molecular weight is 423 g/mol. The van der Waals surface area contributed by atoms with Gasteiger partial charge in [0.05, 0.1) is 19.5 Å². The van der Waals surface area contributed by atoms with Crippen LogP contribution in [0.4, 0.5) is 0 Å². The quantitative estimate of drug-likeness (QED) is 0.161. The number of hydrogen-bond acceptors (Lipinski definition) is 5. The van der Waals surface area contributed by atoms with Crippen LogP contribution in [0.3, 0.4) is 0 Å². The van der Waals surface area contributed by atoms with Crippen LogP contribution in [0.25, 0.3) is 0 Å². The van der Waals surface area contributed by atoms with Crippen molar-refractivity contribution in [2.24, 2.45) is 0 Å². The van der Waals surface area contributed by atoms with Crippen LogP contribution in [0.5, 0.6) is 0 Å². The molecule has 0 aliphatic rings. The molecule has 6 heteroatoms. The number of rotatable bonds is 22. The number of hydrogen-bond donors (Lipinski definition) is 0. The molecule has 0 fully saturated rings. The maximum absolute atomic E-state index is 11.0. The Labute approximate surface area is 175 Å². The van der Waals surface area contributed by atoms with E-state index in [0.717, 1.165) is 12.7 Å². The lowest BCUT2D eigenvalue weighted by molar-refractivity contribution is -0.0322. The first-order valence-corrected chi connectivity index (χ1v) is 13.3. The van der Waals surface area contributed by atoms with Crippen LogP contribution < -0.4 is 0 Å². The Bertz CT molecular complexity index is 411. The molecule has 0 amide bonds. The Balaban J connectivity index is 3.35. The summed E-state index contributed by atoms with van der Waals surface area (Å²) in [5.41, 5.74) is 0. The van der Waals surface area contributed by atoms with E-state index >= 15 is 0 Å². The van der Waals surface area contributed by atoms with Crippen molar-refractivity contribution in [3.63, 3.8) is 0 Å². The molecule has 1 unspecified atom stereocenters. The molecule has 0 saturated carbocycles. The van der Waals surface area contributed by atoms with Gasteiger partial charge < -0.3 is 9.47 Å². The monoisotopic (exact) mass is 422 g/mol. The van der Waals surface area contributed by atoms with E-state index in [2.05, 4.69) is 6.92 Å². The fourth-order valence-corrected chi connectivity index (χ4v) is 3.59.